The van der Waals surface area contributed by atoms with Gasteiger partial charge in [0.05, 0.1) is 43.0 Å². The minimum atomic E-state index is -0.317. The molecule has 0 aliphatic rings. The molecule has 156 valence electrons. The predicted molar refractivity (Wildman–Crippen MR) is 111 cm³/mol. The first-order valence-corrected chi connectivity index (χ1v) is 9.85. The summed E-state index contributed by atoms with van der Waals surface area (Å²) in [6.45, 7) is 8.37. The Labute approximate surface area is 170 Å². The summed E-state index contributed by atoms with van der Waals surface area (Å²) in [5, 5.41) is 14.3. The molecule has 0 fully saturated rings. The number of aliphatic hydroxyl groups excluding tert-OH is 1. The Kier molecular flexibility index (Phi) is 6.44. The van der Waals surface area contributed by atoms with E-state index in [1.165, 1.54) is 0 Å². The normalized spacial score (nSPS) is 12.7. The van der Waals surface area contributed by atoms with Crippen molar-refractivity contribution in [3.05, 3.63) is 29.2 Å². The topological polar surface area (TPSA) is 95.2 Å². The zero-order valence-electron chi connectivity index (χ0n) is 17.9. The number of ether oxygens (including phenoxy) is 2. The van der Waals surface area contributed by atoms with Crippen molar-refractivity contribution in [3.63, 3.8) is 0 Å². The second-order valence-electron chi connectivity index (χ2n) is 7.31. The molecular formula is C21H29N5O3. The smallest absolute Gasteiger partial charge is 0.222 e. The molecule has 0 saturated heterocycles. The van der Waals surface area contributed by atoms with Gasteiger partial charge in [0.2, 0.25) is 5.88 Å². The fraction of sp³-hybridized carbons (Fsp3) is 0.524. The average molecular weight is 399 g/mol. The summed E-state index contributed by atoms with van der Waals surface area (Å²) in [4.78, 5) is 14.4. The van der Waals surface area contributed by atoms with Crippen molar-refractivity contribution in [2.24, 2.45) is 0 Å². The third kappa shape index (κ3) is 3.95. The number of nitrogens with zero attached hydrogens (tertiary/aromatic N) is 5. The number of aliphatic hydroxyl groups is 1. The van der Waals surface area contributed by atoms with Crippen LogP contribution in [0.1, 0.15) is 49.8 Å². The van der Waals surface area contributed by atoms with Gasteiger partial charge in [-0.15, -0.1) is 0 Å². The van der Waals surface area contributed by atoms with E-state index in [0.717, 1.165) is 28.3 Å². The molecule has 0 aromatic carbocycles. The molecule has 3 aromatic heterocycles. The van der Waals surface area contributed by atoms with Gasteiger partial charge in [0.25, 0.3) is 0 Å². The molecule has 0 amide bonds. The molecule has 0 aliphatic heterocycles. The Hall–Kier alpha value is -2.58. The van der Waals surface area contributed by atoms with Gasteiger partial charge in [-0.05, 0) is 31.4 Å². The SMILES string of the molecule is CCc1nc2c(nc1-c1ccc(C(C)C)nc1OC)c(C)nn2C(CO)COC. The van der Waals surface area contributed by atoms with Crippen LogP contribution in [0.15, 0.2) is 12.1 Å². The molecule has 1 atom stereocenters. The average Bonchev–Trinajstić information content (AvgIpc) is 3.05. The molecule has 0 saturated carbocycles. The largest absolute Gasteiger partial charge is 0.480 e. The number of fused-ring (bicyclic) bond motifs is 1. The highest BCUT2D eigenvalue weighted by molar-refractivity contribution is 5.79. The lowest BCUT2D eigenvalue weighted by atomic mass is 10.1. The highest BCUT2D eigenvalue weighted by Crippen LogP contribution is 2.33. The van der Waals surface area contributed by atoms with Crippen molar-refractivity contribution in [1.29, 1.82) is 0 Å². The van der Waals surface area contributed by atoms with Gasteiger partial charge in [0, 0.05) is 12.8 Å². The summed E-state index contributed by atoms with van der Waals surface area (Å²) < 4.78 is 12.5. The van der Waals surface area contributed by atoms with Crippen LogP contribution in [0.4, 0.5) is 0 Å². The molecule has 8 heteroatoms. The Morgan fingerprint density at radius 2 is 1.90 bits per heavy atom. The Balaban J connectivity index is 2.21. The molecular weight excluding hydrogens is 370 g/mol. The van der Waals surface area contributed by atoms with Crippen molar-refractivity contribution in [1.82, 2.24) is 24.7 Å². The van der Waals surface area contributed by atoms with E-state index in [1.54, 1.807) is 18.9 Å². The molecule has 3 rings (SSSR count). The maximum atomic E-state index is 9.76. The minimum absolute atomic E-state index is 0.0939. The number of hydrogen-bond donors (Lipinski definition) is 1. The number of aryl methyl sites for hydroxylation is 2. The standard InChI is InChI=1S/C21H29N5O3/c1-7-16-19(15-8-9-17(12(2)3)23-21(15)29-6)24-18-13(4)25-26(20(18)22-16)14(10-27)11-28-5/h8-9,12,14,27H,7,10-11H2,1-6H3. The molecule has 1 N–H and O–H groups in total. The quantitative estimate of drug-likeness (QED) is 0.622. The van der Waals surface area contributed by atoms with Gasteiger partial charge in [-0.25, -0.2) is 19.6 Å². The van der Waals surface area contributed by atoms with Crippen LogP contribution in [-0.4, -0.2) is 57.3 Å². The monoisotopic (exact) mass is 399 g/mol. The number of hydrogen-bond acceptors (Lipinski definition) is 7. The van der Waals surface area contributed by atoms with Gasteiger partial charge in [-0.2, -0.15) is 5.10 Å². The number of aromatic nitrogens is 5. The summed E-state index contributed by atoms with van der Waals surface area (Å²) in [6, 6.07) is 3.68. The minimum Gasteiger partial charge on any atom is -0.480 e. The zero-order chi connectivity index (χ0) is 21.1. The lowest BCUT2D eigenvalue weighted by molar-refractivity contribution is 0.110. The summed E-state index contributed by atoms with van der Waals surface area (Å²) in [7, 11) is 3.22. The Morgan fingerprint density at radius 1 is 1.14 bits per heavy atom. The van der Waals surface area contributed by atoms with Gasteiger partial charge in [0.1, 0.15) is 11.6 Å². The van der Waals surface area contributed by atoms with Crippen LogP contribution in [-0.2, 0) is 11.2 Å². The first-order chi connectivity index (χ1) is 13.9. The van der Waals surface area contributed by atoms with Gasteiger partial charge >= 0.3 is 0 Å². The third-order valence-corrected chi connectivity index (χ3v) is 4.94. The van der Waals surface area contributed by atoms with E-state index in [0.29, 0.717) is 36.0 Å². The van der Waals surface area contributed by atoms with Crippen LogP contribution >= 0.6 is 0 Å². The van der Waals surface area contributed by atoms with Crippen LogP contribution in [0.3, 0.4) is 0 Å². The van der Waals surface area contributed by atoms with E-state index in [4.69, 9.17) is 19.4 Å². The van der Waals surface area contributed by atoms with Crippen molar-refractivity contribution >= 4 is 11.2 Å². The van der Waals surface area contributed by atoms with E-state index < -0.39 is 0 Å². The maximum Gasteiger partial charge on any atom is 0.222 e. The van der Waals surface area contributed by atoms with Gasteiger partial charge < -0.3 is 14.6 Å². The van der Waals surface area contributed by atoms with Gasteiger partial charge in [-0.3, -0.25) is 0 Å². The first kappa shape index (κ1) is 21.1. The van der Waals surface area contributed by atoms with Crippen molar-refractivity contribution in [2.75, 3.05) is 27.4 Å². The van der Waals surface area contributed by atoms with Crippen LogP contribution in [0.2, 0.25) is 0 Å². The zero-order valence-corrected chi connectivity index (χ0v) is 17.9. The Morgan fingerprint density at radius 3 is 2.48 bits per heavy atom. The molecule has 8 nitrogen and oxygen atoms in total. The highest BCUT2D eigenvalue weighted by Gasteiger charge is 2.22. The number of pyridine rings is 1. The summed E-state index contributed by atoms with van der Waals surface area (Å²) in [5.41, 5.74) is 5.43. The van der Waals surface area contributed by atoms with E-state index in [-0.39, 0.29) is 12.6 Å². The molecule has 29 heavy (non-hydrogen) atoms. The summed E-state index contributed by atoms with van der Waals surface area (Å²) in [6.07, 6.45) is 0.686. The van der Waals surface area contributed by atoms with Crippen molar-refractivity contribution in [2.45, 2.75) is 46.1 Å². The first-order valence-electron chi connectivity index (χ1n) is 9.85. The molecule has 0 radical (unpaired) electrons. The lowest BCUT2D eigenvalue weighted by Gasteiger charge is -2.16. The van der Waals surface area contributed by atoms with Crippen molar-refractivity contribution < 1.29 is 14.6 Å². The molecule has 3 heterocycles. The Bertz CT molecular complexity index is 1000. The van der Waals surface area contributed by atoms with Crippen LogP contribution in [0.25, 0.3) is 22.4 Å². The summed E-state index contributed by atoms with van der Waals surface area (Å²) >= 11 is 0. The predicted octanol–water partition coefficient (Wildman–Crippen LogP) is 3.07. The molecule has 0 aliphatic carbocycles. The van der Waals surface area contributed by atoms with E-state index in [2.05, 4.69) is 23.9 Å². The maximum absolute atomic E-state index is 9.76. The molecule has 3 aromatic rings. The number of methoxy groups -OCH3 is 2. The van der Waals surface area contributed by atoms with E-state index in [9.17, 15) is 5.11 Å². The van der Waals surface area contributed by atoms with Crippen LogP contribution < -0.4 is 4.74 Å². The second-order valence-corrected chi connectivity index (χ2v) is 7.31. The molecule has 0 bridgehead atoms. The van der Waals surface area contributed by atoms with E-state index in [1.807, 2.05) is 26.0 Å². The second kappa shape index (κ2) is 8.84. The third-order valence-electron chi connectivity index (χ3n) is 4.94. The fourth-order valence-electron chi connectivity index (χ4n) is 3.34. The van der Waals surface area contributed by atoms with Crippen LogP contribution in [0, 0.1) is 6.92 Å². The van der Waals surface area contributed by atoms with Gasteiger partial charge in [-0.1, -0.05) is 20.8 Å². The molecule has 0 spiro atoms. The van der Waals surface area contributed by atoms with E-state index >= 15 is 0 Å². The lowest BCUT2D eigenvalue weighted by Crippen LogP contribution is -2.20. The van der Waals surface area contributed by atoms with Crippen LogP contribution in [0.5, 0.6) is 5.88 Å². The fourth-order valence-corrected chi connectivity index (χ4v) is 3.34. The summed E-state index contributed by atoms with van der Waals surface area (Å²) in [5.74, 6) is 0.839. The van der Waals surface area contributed by atoms with Gasteiger partial charge in [0.15, 0.2) is 5.65 Å². The molecule has 1 unspecified atom stereocenters. The van der Waals surface area contributed by atoms with Crippen molar-refractivity contribution in [3.8, 4) is 17.1 Å². The highest BCUT2D eigenvalue weighted by atomic mass is 16.5. The number of rotatable bonds is 8.